The molecule has 2 aliphatic heterocycles. The molecule has 0 aliphatic carbocycles. The highest BCUT2D eigenvalue weighted by molar-refractivity contribution is 5.46. The normalized spacial score (nSPS) is 28.0. The lowest BCUT2D eigenvalue weighted by Gasteiger charge is -2.43. The van der Waals surface area contributed by atoms with Crippen LogP contribution in [0.15, 0.2) is 30.3 Å². The summed E-state index contributed by atoms with van der Waals surface area (Å²) in [4.78, 5) is 7.43. The van der Waals surface area contributed by atoms with Gasteiger partial charge in [-0.3, -0.25) is 4.90 Å². The number of para-hydroxylation sites is 1. The molecule has 21 heavy (non-hydrogen) atoms. The summed E-state index contributed by atoms with van der Waals surface area (Å²) >= 11 is 0. The predicted molar refractivity (Wildman–Crippen MR) is 87.7 cm³/mol. The molecular formula is C17H27N4. The molecule has 0 bridgehead atoms. The van der Waals surface area contributed by atoms with Crippen LogP contribution >= 0.6 is 0 Å². The predicted octanol–water partition coefficient (Wildman–Crippen LogP) is 1.46. The number of piperidine rings is 1. The van der Waals surface area contributed by atoms with Gasteiger partial charge in [0.05, 0.1) is 6.17 Å². The van der Waals surface area contributed by atoms with Gasteiger partial charge in [-0.2, -0.15) is 0 Å². The summed E-state index contributed by atoms with van der Waals surface area (Å²) in [5.74, 6) is 0. The summed E-state index contributed by atoms with van der Waals surface area (Å²) in [6.07, 6.45) is 2.84. The fourth-order valence-corrected chi connectivity index (χ4v) is 3.46. The zero-order chi connectivity index (χ0) is 14.7. The van der Waals surface area contributed by atoms with Crippen LogP contribution in [0.2, 0.25) is 0 Å². The number of rotatable bonds is 3. The molecule has 0 N–H and O–H groups in total. The van der Waals surface area contributed by atoms with Gasteiger partial charge in [0, 0.05) is 44.5 Å². The van der Waals surface area contributed by atoms with Gasteiger partial charge in [-0.05, 0) is 39.1 Å². The number of hydrogen-bond donors (Lipinski definition) is 0. The maximum absolute atomic E-state index is 4.86. The average Bonchev–Trinajstić information content (AvgIpc) is 2.56. The molecule has 1 aromatic carbocycles. The van der Waals surface area contributed by atoms with Crippen molar-refractivity contribution in [3.05, 3.63) is 30.3 Å². The lowest BCUT2D eigenvalue weighted by Crippen LogP contribution is -2.56. The lowest BCUT2D eigenvalue weighted by molar-refractivity contribution is 0.0859. The lowest BCUT2D eigenvalue weighted by atomic mass is 10.0. The van der Waals surface area contributed by atoms with Crippen LogP contribution in [0.1, 0.15) is 12.8 Å². The molecule has 2 heterocycles. The zero-order valence-electron chi connectivity index (χ0n) is 13.3. The molecule has 115 valence electrons. The second-order valence-electron chi connectivity index (χ2n) is 6.39. The molecule has 0 aromatic heterocycles. The third-order valence-electron chi connectivity index (χ3n) is 4.87. The SMILES string of the molecule is CN(C)C1CC[N]C(N2CCN(c3ccccc3)CC2)C1. The van der Waals surface area contributed by atoms with Crippen LogP contribution in [-0.2, 0) is 0 Å². The number of anilines is 1. The third kappa shape index (κ3) is 3.57. The minimum absolute atomic E-state index is 0.434. The molecule has 3 rings (SSSR count). The van der Waals surface area contributed by atoms with Crippen LogP contribution in [0.25, 0.3) is 0 Å². The van der Waals surface area contributed by atoms with Crippen molar-refractivity contribution in [2.24, 2.45) is 0 Å². The number of piperazine rings is 1. The van der Waals surface area contributed by atoms with Crippen molar-refractivity contribution in [3.63, 3.8) is 0 Å². The molecule has 1 aromatic rings. The first-order valence-electron chi connectivity index (χ1n) is 8.11. The fourth-order valence-electron chi connectivity index (χ4n) is 3.46. The molecule has 2 aliphatic rings. The standard InChI is InChI=1S/C17H27N4/c1-19(2)16-8-9-18-17(14-16)21-12-10-20(11-13-21)15-6-4-3-5-7-15/h3-7,16-17H,8-14H2,1-2H3. The highest BCUT2D eigenvalue weighted by Crippen LogP contribution is 2.21. The maximum atomic E-state index is 4.86. The monoisotopic (exact) mass is 287 g/mol. The van der Waals surface area contributed by atoms with Gasteiger partial charge in [-0.15, -0.1) is 0 Å². The Hall–Kier alpha value is -1.10. The van der Waals surface area contributed by atoms with Crippen molar-refractivity contribution in [2.45, 2.75) is 25.0 Å². The second-order valence-corrected chi connectivity index (χ2v) is 6.39. The maximum Gasteiger partial charge on any atom is 0.0777 e. The minimum Gasteiger partial charge on any atom is -0.369 e. The van der Waals surface area contributed by atoms with Crippen LogP contribution in [0.3, 0.4) is 0 Å². The Bertz CT molecular complexity index is 426. The molecule has 4 nitrogen and oxygen atoms in total. The van der Waals surface area contributed by atoms with E-state index in [2.05, 4.69) is 59.1 Å². The summed E-state index contributed by atoms with van der Waals surface area (Å²) in [5, 5.41) is 4.86. The van der Waals surface area contributed by atoms with Crippen molar-refractivity contribution in [3.8, 4) is 0 Å². The van der Waals surface area contributed by atoms with E-state index in [1.165, 1.54) is 18.5 Å². The number of nitrogens with zero attached hydrogens (tertiary/aromatic N) is 4. The van der Waals surface area contributed by atoms with E-state index in [0.29, 0.717) is 12.2 Å². The Morgan fingerprint density at radius 2 is 1.76 bits per heavy atom. The van der Waals surface area contributed by atoms with E-state index in [-0.39, 0.29) is 0 Å². The number of hydrogen-bond acceptors (Lipinski definition) is 3. The first-order chi connectivity index (χ1) is 10.2. The largest absolute Gasteiger partial charge is 0.369 e. The first-order valence-corrected chi connectivity index (χ1v) is 8.11. The minimum atomic E-state index is 0.434. The Balaban J connectivity index is 1.53. The van der Waals surface area contributed by atoms with Gasteiger partial charge in [0.1, 0.15) is 0 Å². The Kier molecular flexibility index (Phi) is 4.78. The smallest absolute Gasteiger partial charge is 0.0777 e. The highest BCUT2D eigenvalue weighted by atomic mass is 15.3. The van der Waals surface area contributed by atoms with Crippen LogP contribution in [0.5, 0.6) is 0 Å². The van der Waals surface area contributed by atoms with Crippen molar-refractivity contribution in [1.29, 1.82) is 0 Å². The molecular weight excluding hydrogens is 260 g/mol. The van der Waals surface area contributed by atoms with E-state index in [9.17, 15) is 0 Å². The van der Waals surface area contributed by atoms with E-state index in [1.54, 1.807) is 0 Å². The van der Waals surface area contributed by atoms with Crippen molar-refractivity contribution in [2.75, 3.05) is 51.7 Å². The summed E-state index contributed by atoms with van der Waals surface area (Å²) in [5.41, 5.74) is 1.35. The van der Waals surface area contributed by atoms with Crippen molar-refractivity contribution < 1.29 is 0 Å². The van der Waals surface area contributed by atoms with Crippen molar-refractivity contribution in [1.82, 2.24) is 15.1 Å². The Labute approximate surface area is 128 Å². The molecule has 4 heteroatoms. The van der Waals surface area contributed by atoms with Gasteiger partial charge < -0.3 is 9.80 Å². The van der Waals surface area contributed by atoms with Crippen LogP contribution in [0.4, 0.5) is 5.69 Å². The topological polar surface area (TPSA) is 23.8 Å². The van der Waals surface area contributed by atoms with Gasteiger partial charge in [0.25, 0.3) is 0 Å². The zero-order valence-corrected chi connectivity index (χ0v) is 13.3. The van der Waals surface area contributed by atoms with E-state index < -0.39 is 0 Å². The molecule has 0 amide bonds. The summed E-state index contributed by atoms with van der Waals surface area (Å²) < 4.78 is 0. The average molecular weight is 287 g/mol. The highest BCUT2D eigenvalue weighted by Gasteiger charge is 2.30. The van der Waals surface area contributed by atoms with Gasteiger partial charge in [-0.1, -0.05) is 18.2 Å². The van der Waals surface area contributed by atoms with Crippen molar-refractivity contribution >= 4 is 5.69 Å². The summed E-state index contributed by atoms with van der Waals surface area (Å²) in [6, 6.07) is 11.5. The summed E-state index contributed by atoms with van der Waals surface area (Å²) in [7, 11) is 4.39. The van der Waals surface area contributed by atoms with Gasteiger partial charge in [-0.25, -0.2) is 5.32 Å². The van der Waals surface area contributed by atoms with Gasteiger partial charge >= 0.3 is 0 Å². The quantitative estimate of drug-likeness (QED) is 0.841. The Morgan fingerprint density at radius 1 is 1.05 bits per heavy atom. The molecule has 2 saturated heterocycles. The third-order valence-corrected chi connectivity index (χ3v) is 4.87. The van der Waals surface area contributed by atoms with Crippen LogP contribution in [0, 0.1) is 0 Å². The van der Waals surface area contributed by atoms with Gasteiger partial charge in [0.2, 0.25) is 0 Å². The van der Waals surface area contributed by atoms with Crippen LogP contribution < -0.4 is 10.2 Å². The molecule has 2 unspecified atom stereocenters. The van der Waals surface area contributed by atoms with Gasteiger partial charge in [0.15, 0.2) is 0 Å². The molecule has 0 spiro atoms. The molecule has 2 atom stereocenters. The van der Waals surface area contributed by atoms with E-state index >= 15 is 0 Å². The fraction of sp³-hybridized carbons (Fsp3) is 0.647. The number of benzene rings is 1. The van der Waals surface area contributed by atoms with E-state index in [1.807, 2.05) is 0 Å². The summed E-state index contributed by atoms with van der Waals surface area (Å²) in [6.45, 7) is 5.50. The van der Waals surface area contributed by atoms with E-state index in [0.717, 1.165) is 32.7 Å². The molecule has 1 radical (unpaired) electrons. The second kappa shape index (κ2) is 6.77. The van der Waals surface area contributed by atoms with E-state index in [4.69, 9.17) is 5.32 Å². The molecule has 2 fully saturated rings. The Morgan fingerprint density at radius 3 is 2.43 bits per heavy atom. The first kappa shape index (κ1) is 14.8. The van der Waals surface area contributed by atoms with Crippen LogP contribution in [-0.4, -0.2) is 68.8 Å². The molecule has 0 saturated carbocycles.